The first kappa shape index (κ1) is 11.4. The van der Waals surface area contributed by atoms with Gasteiger partial charge in [-0.15, -0.1) is 0 Å². The van der Waals surface area contributed by atoms with E-state index in [4.69, 9.17) is 4.74 Å². The maximum absolute atomic E-state index is 11.7. The summed E-state index contributed by atoms with van der Waals surface area (Å²) in [6, 6.07) is 0. The Hall–Kier alpha value is -0.710. The second kappa shape index (κ2) is 5.90. The number of alkyl halides is 2. The molecule has 0 saturated heterocycles. The maximum atomic E-state index is 11.7. The molecule has 1 saturated carbocycles. The molecule has 0 heterocycles. The normalized spacial score (nSPS) is 17.6. The molecule has 0 unspecified atom stereocenters. The highest BCUT2D eigenvalue weighted by Gasteiger charge is 2.16. The number of amides is 1. The van der Waals surface area contributed by atoms with Crippen LogP contribution < -0.4 is 5.32 Å². The van der Waals surface area contributed by atoms with Crippen LogP contribution in [0.4, 0.5) is 8.78 Å². The summed E-state index contributed by atoms with van der Waals surface area (Å²) in [5.74, 6) is -1.22. The van der Waals surface area contributed by atoms with Crippen LogP contribution in [0, 0.1) is 0 Å². The summed E-state index contributed by atoms with van der Waals surface area (Å²) < 4.78 is 28.8. The molecule has 1 fully saturated rings. The smallest absolute Gasteiger partial charge is 0.315 e. The van der Waals surface area contributed by atoms with Gasteiger partial charge < -0.3 is 10.1 Å². The first-order chi connectivity index (χ1) is 6.70. The standard InChI is InChI=1S/C9H15F2NO2/c10-8(11)9(13)12-5-6-14-7-3-1-2-4-7/h7-8H,1-6H2,(H,12,13). The average Bonchev–Trinajstić information content (AvgIpc) is 2.64. The van der Waals surface area contributed by atoms with E-state index in [-0.39, 0.29) is 12.6 Å². The number of halogens is 2. The van der Waals surface area contributed by atoms with Gasteiger partial charge in [-0.2, -0.15) is 8.78 Å². The van der Waals surface area contributed by atoms with Gasteiger partial charge in [0.1, 0.15) is 0 Å². The van der Waals surface area contributed by atoms with Crippen molar-refractivity contribution in [2.24, 2.45) is 0 Å². The molecule has 5 heteroatoms. The third kappa shape index (κ3) is 4.00. The van der Waals surface area contributed by atoms with Crippen LogP contribution in [0.1, 0.15) is 25.7 Å². The summed E-state index contributed by atoms with van der Waals surface area (Å²) >= 11 is 0. The first-order valence-corrected chi connectivity index (χ1v) is 4.87. The van der Waals surface area contributed by atoms with E-state index in [2.05, 4.69) is 5.32 Å². The van der Waals surface area contributed by atoms with E-state index in [1.165, 1.54) is 12.8 Å². The minimum absolute atomic E-state index is 0.166. The number of carbonyl (C=O) groups is 1. The largest absolute Gasteiger partial charge is 0.376 e. The lowest BCUT2D eigenvalue weighted by molar-refractivity contribution is -0.132. The molecular weight excluding hydrogens is 192 g/mol. The van der Waals surface area contributed by atoms with Crippen molar-refractivity contribution in [1.82, 2.24) is 5.32 Å². The Bertz CT molecular complexity index is 182. The number of rotatable bonds is 5. The summed E-state index contributed by atoms with van der Waals surface area (Å²) in [5, 5.41) is 2.09. The molecule has 3 nitrogen and oxygen atoms in total. The summed E-state index contributed by atoms with van der Waals surface area (Å²) in [7, 11) is 0. The van der Waals surface area contributed by atoms with Crippen LogP contribution in [-0.2, 0) is 9.53 Å². The molecular formula is C9H15F2NO2. The Morgan fingerprint density at radius 1 is 1.43 bits per heavy atom. The highest BCUT2D eigenvalue weighted by molar-refractivity contribution is 5.78. The highest BCUT2D eigenvalue weighted by Crippen LogP contribution is 2.20. The molecule has 0 aromatic heterocycles. The quantitative estimate of drug-likeness (QED) is 0.690. The summed E-state index contributed by atoms with van der Waals surface area (Å²) in [4.78, 5) is 10.4. The minimum Gasteiger partial charge on any atom is -0.376 e. The number of ether oxygens (including phenoxy) is 1. The average molecular weight is 207 g/mol. The van der Waals surface area contributed by atoms with Crippen molar-refractivity contribution in [2.75, 3.05) is 13.2 Å². The fourth-order valence-corrected chi connectivity index (χ4v) is 1.53. The highest BCUT2D eigenvalue weighted by atomic mass is 19.3. The van der Waals surface area contributed by atoms with Crippen molar-refractivity contribution >= 4 is 5.91 Å². The van der Waals surface area contributed by atoms with Gasteiger partial charge in [0, 0.05) is 6.54 Å². The van der Waals surface area contributed by atoms with Crippen molar-refractivity contribution in [3.8, 4) is 0 Å². The van der Waals surface area contributed by atoms with Crippen molar-refractivity contribution in [3.05, 3.63) is 0 Å². The van der Waals surface area contributed by atoms with E-state index in [0.717, 1.165) is 12.8 Å². The number of carbonyl (C=O) groups excluding carboxylic acids is 1. The first-order valence-electron chi connectivity index (χ1n) is 4.87. The van der Waals surface area contributed by atoms with E-state index in [9.17, 15) is 13.6 Å². The molecule has 0 radical (unpaired) electrons. The Balaban J connectivity index is 1.96. The lowest BCUT2D eigenvalue weighted by atomic mass is 10.3. The second-order valence-corrected chi connectivity index (χ2v) is 3.37. The molecule has 0 bridgehead atoms. The summed E-state index contributed by atoms with van der Waals surface area (Å²) in [6.45, 7) is 0.489. The van der Waals surface area contributed by atoms with Crippen molar-refractivity contribution in [3.63, 3.8) is 0 Å². The van der Waals surface area contributed by atoms with Crippen LogP contribution >= 0.6 is 0 Å². The van der Waals surface area contributed by atoms with E-state index in [1.54, 1.807) is 0 Å². The molecule has 82 valence electrons. The van der Waals surface area contributed by atoms with Gasteiger partial charge in [-0.3, -0.25) is 4.79 Å². The topological polar surface area (TPSA) is 38.3 Å². The fourth-order valence-electron chi connectivity index (χ4n) is 1.53. The van der Waals surface area contributed by atoms with Gasteiger partial charge in [0.15, 0.2) is 0 Å². The third-order valence-electron chi connectivity index (χ3n) is 2.26. The summed E-state index contributed by atoms with van der Waals surface area (Å²) in [5.41, 5.74) is 0. The molecule has 1 N–H and O–H groups in total. The number of hydrogen-bond donors (Lipinski definition) is 1. The fraction of sp³-hybridized carbons (Fsp3) is 0.889. The van der Waals surface area contributed by atoms with Crippen LogP contribution in [0.3, 0.4) is 0 Å². The van der Waals surface area contributed by atoms with E-state index >= 15 is 0 Å². The Morgan fingerprint density at radius 3 is 2.64 bits per heavy atom. The van der Waals surface area contributed by atoms with Gasteiger partial charge in [0.2, 0.25) is 0 Å². The lowest BCUT2D eigenvalue weighted by Gasteiger charge is -2.11. The zero-order valence-corrected chi connectivity index (χ0v) is 7.97. The van der Waals surface area contributed by atoms with Crippen molar-refractivity contribution in [1.29, 1.82) is 0 Å². The van der Waals surface area contributed by atoms with Crippen molar-refractivity contribution < 1.29 is 18.3 Å². The van der Waals surface area contributed by atoms with Gasteiger partial charge in [0.05, 0.1) is 12.7 Å². The maximum Gasteiger partial charge on any atom is 0.315 e. The SMILES string of the molecule is O=C(NCCOC1CCCC1)C(F)F. The summed E-state index contributed by atoms with van der Waals surface area (Å²) in [6.07, 6.45) is 1.77. The number of hydrogen-bond acceptors (Lipinski definition) is 2. The molecule has 0 spiro atoms. The van der Waals surface area contributed by atoms with E-state index < -0.39 is 12.3 Å². The Labute approximate surface area is 81.8 Å². The Kier molecular flexibility index (Phi) is 4.79. The molecule has 1 aliphatic rings. The molecule has 0 aliphatic heterocycles. The molecule has 0 aromatic rings. The van der Waals surface area contributed by atoms with Crippen molar-refractivity contribution in [2.45, 2.75) is 38.2 Å². The lowest BCUT2D eigenvalue weighted by Crippen LogP contribution is -2.32. The second-order valence-electron chi connectivity index (χ2n) is 3.37. The minimum atomic E-state index is -2.93. The van der Waals surface area contributed by atoms with E-state index in [0.29, 0.717) is 6.61 Å². The zero-order valence-electron chi connectivity index (χ0n) is 7.97. The monoisotopic (exact) mass is 207 g/mol. The van der Waals surface area contributed by atoms with Gasteiger partial charge in [-0.25, -0.2) is 0 Å². The molecule has 0 aromatic carbocycles. The van der Waals surface area contributed by atoms with E-state index in [1.807, 2.05) is 0 Å². The Morgan fingerprint density at radius 2 is 2.07 bits per heavy atom. The third-order valence-corrected chi connectivity index (χ3v) is 2.26. The molecule has 0 atom stereocenters. The van der Waals surface area contributed by atoms with Gasteiger partial charge in [0.25, 0.3) is 5.91 Å². The van der Waals surface area contributed by atoms with Gasteiger partial charge >= 0.3 is 6.43 Å². The predicted molar refractivity (Wildman–Crippen MR) is 47.2 cm³/mol. The van der Waals surface area contributed by atoms with Crippen LogP contribution in [0.2, 0.25) is 0 Å². The predicted octanol–water partition coefficient (Wildman–Crippen LogP) is 1.33. The van der Waals surface area contributed by atoms with Gasteiger partial charge in [-0.05, 0) is 12.8 Å². The molecule has 1 rings (SSSR count). The van der Waals surface area contributed by atoms with Crippen LogP contribution in [-0.4, -0.2) is 31.6 Å². The molecule has 1 aliphatic carbocycles. The number of nitrogens with one attached hydrogen (secondary N) is 1. The molecule has 14 heavy (non-hydrogen) atoms. The van der Waals surface area contributed by atoms with Crippen LogP contribution in [0.15, 0.2) is 0 Å². The molecule has 1 amide bonds. The van der Waals surface area contributed by atoms with Crippen LogP contribution in [0.25, 0.3) is 0 Å². The van der Waals surface area contributed by atoms with Gasteiger partial charge in [-0.1, -0.05) is 12.8 Å². The van der Waals surface area contributed by atoms with Crippen LogP contribution in [0.5, 0.6) is 0 Å². The zero-order chi connectivity index (χ0) is 10.4.